The molecule has 0 spiro atoms. The summed E-state index contributed by atoms with van der Waals surface area (Å²) in [6, 6.07) is 12.7. The highest BCUT2D eigenvalue weighted by atomic mass is 79.9. The quantitative estimate of drug-likeness (QED) is 0.807. The molecule has 2 rings (SSSR count). The highest BCUT2D eigenvalue weighted by Gasteiger charge is 2.08. The number of rotatable bonds is 5. The van der Waals surface area contributed by atoms with Gasteiger partial charge < -0.3 is 9.84 Å². The zero-order valence-electron chi connectivity index (χ0n) is 10.8. The molecule has 5 heteroatoms. The Labute approximate surface area is 130 Å². The van der Waals surface area contributed by atoms with Gasteiger partial charge in [-0.05, 0) is 30.5 Å². The first kappa shape index (κ1) is 14.9. The third-order valence-electron chi connectivity index (χ3n) is 2.75. The molecule has 0 aliphatic rings. The topological polar surface area (TPSA) is 46.5 Å². The van der Waals surface area contributed by atoms with E-state index in [1.54, 1.807) is 30.0 Å². The Morgan fingerprint density at radius 2 is 2.05 bits per heavy atom. The lowest BCUT2D eigenvalue weighted by molar-refractivity contribution is 0.0696. The lowest BCUT2D eigenvalue weighted by Gasteiger charge is -2.11. The Hall–Kier alpha value is -1.46. The van der Waals surface area contributed by atoms with E-state index in [0.29, 0.717) is 6.61 Å². The maximum Gasteiger partial charge on any atom is 0.335 e. The first-order valence-electron chi connectivity index (χ1n) is 5.89. The molecule has 2 aromatic rings. The van der Waals surface area contributed by atoms with Crippen LogP contribution in [0.1, 0.15) is 15.9 Å². The van der Waals surface area contributed by atoms with Crippen LogP contribution in [0, 0.1) is 0 Å². The summed E-state index contributed by atoms with van der Waals surface area (Å²) in [5.41, 5.74) is 1.16. The molecule has 1 N–H and O–H groups in total. The zero-order chi connectivity index (χ0) is 14.5. The van der Waals surface area contributed by atoms with Crippen molar-refractivity contribution in [2.45, 2.75) is 11.5 Å². The van der Waals surface area contributed by atoms with E-state index in [2.05, 4.69) is 15.9 Å². The highest BCUT2D eigenvalue weighted by Crippen LogP contribution is 2.28. The minimum atomic E-state index is -0.939. The van der Waals surface area contributed by atoms with Crippen molar-refractivity contribution in [2.24, 2.45) is 0 Å². The van der Waals surface area contributed by atoms with Crippen LogP contribution in [0.2, 0.25) is 0 Å². The summed E-state index contributed by atoms with van der Waals surface area (Å²) in [5.74, 6) is -0.111. The van der Waals surface area contributed by atoms with E-state index in [-0.39, 0.29) is 5.56 Å². The van der Waals surface area contributed by atoms with E-state index < -0.39 is 5.97 Å². The van der Waals surface area contributed by atoms with Gasteiger partial charge in [-0.1, -0.05) is 34.1 Å². The summed E-state index contributed by atoms with van der Waals surface area (Å²) in [6.07, 6.45) is 2.00. The van der Waals surface area contributed by atoms with Crippen LogP contribution >= 0.6 is 27.7 Å². The number of para-hydroxylation sites is 1. The first-order chi connectivity index (χ1) is 9.61. The predicted molar refractivity (Wildman–Crippen MR) is 83.7 cm³/mol. The van der Waals surface area contributed by atoms with Gasteiger partial charge in [-0.15, -0.1) is 11.8 Å². The number of hydrogen-bond acceptors (Lipinski definition) is 3. The second-order valence-corrected chi connectivity index (χ2v) is 5.75. The van der Waals surface area contributed by atoms with E-state index in [1.165, 1.54) is 0 Å². The van der Waals surface area contributed by atoms with Crippen molar-refractivity contribution in [3.63, 3.8) is 0 Å². The summed E-state index contributed by atoms with van der Waals surface area (Å²) in [5, 5.41) is 8.92. The molecule has 2 aromatic carbocycles. The molecule has 0 aliphatic heterocycles. The van der Waals surface area contributed by atoms with Gasteiger partial charge in [0.1, 0.15) is 12.4 Å². The van der Waals surface area contributed by atoms with Gasteiger partial charge in [0.15, 0.2) is 0 Å². The molecule has 0 fully saturated rings. The van der Waals surface area contributed by atoms with Crippen molar-refractivity contribution >= 4 is 33.7 Å². The molecule has 0 unspecified atom stereocenters. The molecular formula is C15H13BrO3S. The van der Waals surface area contributed by atoms with Crippen LogP contribution in [0.15, 0.2) is 51.8 Å². The average Bonchev–Trinajstić information content (AvgIpc) is 2.46. The molecule has 0 atom stereocenters. The summed E-state index contributed by atoms with van der Waals surface area (Å²) in [6.45, 7) is 0.387. The van der Waals surface area contributed by atoms with Gasteiger partial charge in [0.25, 0.3) is 0 Å². The van der Waals surface area contributed by atoms with Gasteiger partial charge in [-0.3, -0.25) is 0 Å². The fraction of sp³-hybridized carbons (Fsp3) is 0.133. The molecule has 0 heterocycles. The second kappa shape index (κ2) is 6.81. The average molecular weight is 353 g/mol. The SMILES string of the molecule is CSc1ccccc1OCc1ccc(C(=O)O)cc1Br. The molecule has 0 aromatic heterocycles. The first-order valence-corrected chi connectivity index (χ1v) is 7.91. The Morgan fingerprint density at radius 3 is 2.70 bits per heavy atom. The largest absolute Gasteiger partial charge is 0.488 e. The Bertz CT molecular complexity index is 628. The van der Waals surface area contributed by atoms with Crippen LogP contribution in [-0.2, 0) is 6.61 Å². The lowest BCUT2D eigenvalue weighted by atomic mass is 10.1. The molecule has 0 saturated heterocycles. The third kappa shape index (κ3) is 3.55. The van der Waals surface area contributed by atoms with Crippen molar-refractivity contribution in [3.05, 3.63) is 58.1 Å². The number of carboxylic acid groups (broad SMARTS) is 1. The maximum atomic E-state index is 10.9. The van der Waals surface area contributed by atoms with E-state index in [1.807, 2.05) is 30.5 Å². The number of halogens is 1. The Kier molecular flexibility index (Phi) is 5.09. The fourth-order valence-electron chi connectivity index (χ4n) is 1.69. The number of carboxylic acids is 1. The monoisotopic (exact) mass is 352 g/mol. The molecule has 0 bridgehead atoms. The van der Waals surface area contributed by atoms with Crippen LogP contribution in [-0.4, -0.2) is 17.3 Å². The van der Waals surface area contributed by atoms with Crippen molar-refractivity contribution in [1.82, 2.24) is 0 Å². The van der Waals surface area contributed by atoms with E-state index in [0.717, 1.165) is 20.7 Å². The molecule has 0 aliphatic carbocycles. The molecule has 20 heavy (non-hydrogen) atoms. The molecule has 0 amide bonds. The highest BCUT2D eigenvalue weighted by molar-refractivity contribution is 9.10. The van der Waals surface area contributed by atoms with Crippen molar-refractivity contribution in [3.8, 4) is 5.75 Å². The van der Waals surface area contributed by atoms with E-state index in [9.17, 15) is 4.79 Å². The Morgan fingerprint density at radius 1 is 1.30 bits per heavy atom. The summed E-state index contributed by atoms with van der Waals surface area (Å²) >= 11 is 5.00. The number of benzene rings is 2. The fourth-order valence-corrected chi connectivity index (χ4v) is 2.73. The number of ether oxygens (including phenoxy) is 1. The third-order valence-corrected chi connectivity index (χ3v) is 4.27. The predicted octanol–water partition coefficient (Wildman–Crippen LogP) is 4.45. The zero-order valence-corrected chi connectivity index (χ0v) is 13.2. The van der Waals surface area contributed by atoms with Crippen LogP contribution in [0.3, 0.4) is 0 Å². The van der Waals surface area contributed by atoms with Crippen LogP contribution in [0.4, 0.5) is 0 Å². The molecule has 0 radical (unpaired) electrons. The summed E-state index contributed by atoms with van der Waals surface area (Å²) < 4.78 is 6.53. The van der Waals surface area contributed by atoms with Crippen LogP contribution in [0.5, 0.6) is 5.75 Å². The number of carbonyl (C=O) groups is 1. The van der Waals surface area contributed by atoms with Crippen molar-refractivity contribution in [1.29, 1.82) is 0 Å². The van der Waals surface area contributed by atoms with Crippen LogP contribution < -0.4 is 4.74 Å². The molecular weight excluding hydrogens is 340 g/mol. The van der Waals surface area contributed by atoms with Gasteiger partial charge in [0.05, 0.1) is 5.56 Å². The van der Waals surface area contributed by atoms with Gasteiger partial charge in [0, 0.05) is 14.9 Å². The van der Waals surface area contributed by atoms with Crippen molar-refractivity contribution < 1.29 is 14.6 Å². The van der Waals surface area contributed by atoms with E-state index >= 15 is 0 Å². The van der Waals surface area contributed by atoms with Gasteiger partial charge in [-0.2, -0.15) is 0 Å². The van der Waals surface area contributed by atoms with E-state index in [4.69, 9.17) is 9.84 Å². The lowest BCUT2D eigenvalue weighted by Crippen LogP contribution is -2.01. The second-order valence-electron chi connectivity index (χ2n) is 4.05. The smallest absolute Gasteiger partial charge is 0.335 e. The van der Waals surface area contributed by atoms with Gasteiger partial charge in [-0.25, -0.2) is 4.79 Å². The molecule has 104 valence electrons. The Balaban J connectivity index is 2.13. The summed E-state index contributed by atoms with van der Waals surface area (Å²) in [4.78, 5) is 11.9. The molecule has 0 saturated carbocycles. The molecule has 3 nitrogen and oxygen atoms in total. The normalized spacial score (nSPS) is 10.3. The number of hydrogen-bond donors (Lipinski definition) is 1. The van der Waals surface area contributed by atoms with Crippen LogP contribution in [0.25, 0.3) is 0 Å². The maximum absolute atomic E-state index is 10.9. The van der Waals surface area contributed by atoms with Gasteiger partial charge in [0.2, 0.25) is 0 Å². The van der Waals surface area contributed by atoms with Gasteiger partial charge >= 0.3 is 5.97 Å². The summed E-state index contributed by atoms with van der Waals surface area (Å²) in [7, 11) is 0. The standard InChI is InChI=1S/C15H13BrO3S/c1-20-14-5-3-2-4-13(14)19-9-11-7-6-10(15(17)18)8-12(11)16/h2-8H,9H2,1H3,(H,17,18). The van der Waals surface area contributed by atoms with Crippen molar-refractivity contribution in [2.75, 3.05) is 6.26 Å². The number of aromatic carboxylic acids is 1. The number of thioether (sulfide) groups is 1. The minimum absolute atomic E-state index is 0.255. The minimum Gasteiger partial charge on any atom is -0.488 e.